The van der Waals surface area contributed by atoms with Crippen LogP contribution in [0, 0.1) is 6.92 Å². The van der Waals surface area contributed by atoms with Crippen molar-refractivity contribution >= 4 is 39.8 Å². The van der Waals surface area contributed by atoms with Gasteiger partial charge in [0, 0.05) is 49.9 Å². The fourth-order valence-corrected chi connectivity index (χ4v) is 5.53. The number of aryl methyl sites for hydroxylation is 1. The van der Waals surface area contributed by atoms with E-state index in [2.05, 4.69) is 26.6 Å². The average molecular weight is 487 g/mol. The Morgan fingerprint density at radius 3 is 2.69 bits per heavy atom. The summed E-state index contributed by atoms with van der Waals surface area (Å²) in [6.45, 7) is 7.04. The maximum absolute atomic E-state index is 13.4. The molecule has 2 N–H and O–H groups in total. The van der Waals surface area contributed by atoms with Crippen molar-refractivity contribution in [1.82, 2.24) is 29.5 Å². The summed E-state index contributed by atoms with van der Waals surface area (Å²) in [6, 6.07) is 6.13. The lowest BCUT2D eigenvalue weighted by Gasteiger charge is -2.26. The fourth-order valence-electron chi connectivity index (χ4n) is 5.53. The van der Waals surface area contributed by atoms with Gasteiger partial charge in [-0.05, 0) is 44.4 Å². The topological polar surface area (TPSA) is 109 Å². The quantitative estimate of drug-likeness (QED) is 0.414. The summed E-state index contributed by atoms with van der Waals surface area (Å²) < 4.78 is 3.59. The van der Waals surface area contributed by atoms with Crippen molar-refractivity contribution in [2.45, 2.75) is 45.6 Å². The SMILES string of the molecule is CC(=O)c1c(C)c2cnc(Nc3ccc4cc(N5CCNCC5)nn4c3)nc2n(C2CCCC2)c1=O. The van der Waals surface area contributed by atoms with Crippen molar-refractivity contribution in [2.24, 2.45) is 0 Å². The van der Waals surface area contributed by atoms with Gasteiger partial charge < -0.3 is 15.5 Å². The first-order chi connectivity index (χ1) is 17.5. The normalized spacial score (nSPS) is 16.8. The van der Waals surface area contributed by atoms with E-state index in [1.54, 1.807) is 17.7 Å². The molecule has 0 aromatic carbocycles. The van der Waals surface area contributed by atoms with Crippen LogP contribution in [0.4, 0.5) is 17.5 Å². The number of aromatic nitrogens is 5. The van der Waals surface area contributed by atoms with Crippen LogP contribution in [-0.2, 0) is 0 Å². The second-order valence-corrected chi connectivity index (χ2v) is 9.75. The average Bonchev–Trinajstić information content (AvgIpc) is 3.54. The molecule has 10 heteroatoms. The Labute approximate surface area is 208 Å². The molecule has 2 aliphatic rings. The molecule has 1 aliphatic heterocycles. The number of carbonyl (C=O) groups is 1. The second kappa shape index (κ2) is 9.02. The zero-order valence-corrected chi connectivity index (χ0v) is 20.6. The number of ketones is 1. The lowest BCUT2D eigenvalue weighted by molar-refractivity contribution is 0.101. The molecule has 2 fully saturated rings. The smallest absolute Gasteiger partial charge is 0.263 e. The van der Waals surface area contributed by atoms with Gasteiger partial charge in [0.25, 0.3) is 5.56 Å². The maximum Gasteiger partial charge on any atom is 0.263 e. The molecular formula is C26H30N8O2. The van der Waals surface area contributed by atoms with Gasteiger partial charge in [0.05, 0.1) is 23.0 Å². The summed E-state index contributed by atoms with van der Waals surface area (Å²) in [6.07, 6.45) is 7.59. The Bertz CT molecular complexity index is 1530. The van der Waals surface area contributed by atoms with E-state index >= 15 is 0 Å². The van der Waals surface area contributed by atoms with Crippen LogP contribution in [-0.4, -0.2) is 56.1 Å². The third-order valence-electron chi connectivity index (χ3n) is 7.39. The van der Waals surface area contributed by atoms with Crippen LogP contribution < -0.4 is 21.1 Å². The van der Waals surface area contributed by atoms with Gasteiger partial charge in [0.1, 0.15) is 5.65 Å². The number of fused-ring (bicyclic) bond motifs is 2. The van der Waals surface area contributed by atoms with Crippen LogP contribution in [0.1, 0.15) is 54.6 Å². The molecule has 0 amide bonds. The number of Topliss-reactive ketones (excluding diaryl/α,β-unsaturated/α-hetero) is 1. The summed E-state index contributed by atoms with van der Waals surface area (Å²) in [7, 11) is 0. The van der Waals surface area contributed by atoms with E-state index in [9.17, 15) is 9.59 Å². The number of carbonyl (C=O) groups excluding carboxylic acids is 1. The maximum atomic E-state index is 13.4. The predicted molar refractivity (Wildman–Crippen MR) is 140 cm³/mol. The van der Waals surface area contributed by atoms with Crippen molar-refractivity contribution < 1.29 is 4.79 Å². The van der Waals surface area contributed by atoms with Gasteiger partial charge in [-0.15, -0.1) is 0 Å². The summed E-state index contributed by atoms with van der Waals surface area (Å²) >= 11 is 0. The number of nitrogens with one attached hydrogen (secondary N) is 2. The van der Waals surface area contributed by atoms with E-state index in [-0.39, 0.29) is 22.9 Å². The van der Waals surface area contributed by atoms with E-state index in [1.807, 2.05) is 22.8 Å². The molecule has 0 spiro atoms. The van der Waals surface area contributed by atoms with Crippen LogP contribution in [0.2, 0.25) is 0 Å². The third kappa shape index (κ3) is 3.91. The van der Waals surface area contributed by atoms with Gasteiger partial charge in [-0.3, -0.25) is 14.2 Å². The minimum atomic E-state index is -0.248. The summed E-state index contributed by atoms with van der Waals surface area (Å²) in [5.41, 5.74) is 3.01. The van der Waals surface area contributed by atoms with Crippen LogP contribution in [0.15, 0.2) is 35.4 Å². The Kier molecular flexibility index (Phi) is 5.67. The summed E-state index contributed by atoms with van der Waals surface area (Å²) in [5, 5.41) is 12.1. The van der Waals surface area contributed by atoms with Gasteiger partial charge in [-0.25, -0.2) is 9.50 Å². The molecule has 10 nitrogen and oxygen atoms in total. The van der Waals surface area contributed by atoms with Crippen molar-refractivity contribution in [1.29, 1.82) is 0 Å². The Morgan fingerprint density at radius 2 is 1.94 bits per heavy atom. The molecule has 186 valence electrons. The van der Waals surface area contributed by atoms with Crippen LogP contribution in [0.3, 0.4) is 0 Å². The molecule has 1 saturated heterocycles. The Hall–Kier alpha value is -3.79. The highest BCUT2D eigenvalue weighted by molar-refractivity contribution is 5.99. The number of nitrogens with zero attached hydrogens (tertiary/aromatic N) is 6. The highest BCUT2D eigenvalue weighted by Crippen LogP contribution is 2.32. The molecule has 6 rings (SSSR count). The largest absolute Gasteiger partial charge is 0.353 e. The zero-order chi connectivity index (χ0) is 24.8. The number of piperazine rings is 1. The van der Waals surface area contributed by atoms with Gasteiger partial charge in [0.2, 0.25) is 5.95 Å². The number of anilines is 3. The predicted octanol–water partition coefficient (Wildman–Crippen LogP) is 3.22. The van der Waals surface area contributed by atoms with Crippen LogP contribution in [0.5, 0.6) is 0 Å². The minimum Gasteiger partial charge on any atom is -0.353 e. The zero-order valence-electron chi connectivity index (χ0n) is 20.6. The second-order valence-electron chi connectivity index (χ2n) is 9.75. The van der Waals surface area contributed by atoms with Gasteiger partial charge >= 0.3 is 0 Å². The van der Waals surface area contributed by atoms with E-state index in [0.29, 0.717) is 17.2 Å². The Morgan fingerprint density at radius 1 is 1.17 bits per heavy atom. The van der Waals surface area contributed by atoms with E-state index in [1.165, 1.54) is 6.92 Å². The Balaban J connectivity index is 1.38. The summed E-state index contributed by atoms with van der Waals surface area (Å²) in [4.78, 5) is 37.3. The van der Waals surface area contributed by atoms with E-state index in [0.717, 1.165) is 74.3 Å². The molecule has 0 radical (unpaired) electrons. The van der Waals surface area contributed by atoms with Crippen molar-refractivity contribution in [3.8, 4) is 0 Å². The van der Waals surface area contributed by atoms with Gasteiger partial charge in [-0.1, -0.05) is 12.8 Å². The van der Waals surface area contributed by atoms with Crippen LogP contribution >= 0.6 is 0 Å². The molecule has 0 bridgehead atoms. The van der Waals surface area contributed by atoms with Crippen molar-refractivity contribution in [3.63, 3.8) is 0 Å². The molecule has 0 atom stereocenters. The first-order valence-corrected chi connectivity index (χ1v) is 12.6. The van der Waals surface area contributed by atoms with Gasteiger partial charge in [-0.2, -0.15) is 10.1 Å². The lowest BCUT2D eigenvalue weighted by atomic mass is 10.0. The lowest BCUT2D eigenvalue weighted by Crippen LogP contribution is -2.43. The number of hydrogen-bond acceptors (Lipinski definition) is 8. The highest BCUT2D eigenvalue weighted by atomic mass is 16.1. The molecule has 0 unspecified atom stereocenters. The minimum absolute atomic E-state index is 0.0466. The van der Waals surface area contributed by atoms with Crippen LogP contribution in [0.25, 0.3) is 16.6 Å². The number of hydrogen-bond donors (Lipinski definition) is 2. The standard InChI is InChI=1S/C26H30N8O2/c1-16-21-14-28-26(30-24(21)34(19-5-3-4-6-19)25(36)23(16)17(2)35)29-18-7-8-20-13-22(31-33(20)15-18)32-11-9-27-10-12-32/h7-8,13-15,19,27H,3-6,9-12H2,1-2H3,(H,28,29,30). The number of pyridine rings is 2. The van der Waals surface area contributed by atoms with Gasteiger partial charge in [0.15, 0.2) is 11.6 Å². The summed E-state index contributed by atoms with van der Waals surface area (Å²) in [5.74, 6) is 1.14. The molecular weight excluding hydrogens is 456 g/mol. The van der Waals surface area contributed by atoms with E-state index in [4.69, 9.17) is 10.1 Å². The molecule has 5 heterocycles. The van der Waals surface area contributed by atoms with E-state index < -0.39 is 0 Å². The monoisotopic (exact) mass is 486 g/mol. The van der Waals surface area contributed by atoms with Crippen molar-refractivity contribution in [3.05, 3.63) is 52.1 Å². The third-order valence-corrected chi connectivity index (χ3v) is 7.39. The number of rotatable bonds is 5. The molecule has 1 saturated carbocycles. The highest BCUT2D eigenvalue weighted by Gasteiger charge is 2.26. The first-order valence-electron chi connectivity index (χ1n) is 12.6. The fraction of sp³-hybridized carbons (Fsp3) is 0.423. The molecule has 36 heavy (non-hydrogen) atoms. The molecule has 1 aliphatic carbocycles. The first kappa shape index (κ1) is 22.7. The molecule has 4 aromatic rings. The molecule has 4 aromatic heterocycles. The van der Waals surface area contributed by atoms with Crippen molar-refractivity contribution in [2.75, 3.05) is 36.4 Å².